The van der Waals surface area contributed by atoms with Crippen molar-refractivity contribution in [3.8, 4) is 0 Å². The van der Waals surface area contributed by atoms with Crippen molar-refractivity contribution in [3.63, 3.8) is 0 Å². The van der Waals surface area contributed by atoms with Crippen molar-refractivity contribution in [1.82, 2.24) is 15.1 Å². The first-order chi connectivity index (χ1) is 9.49. The van der Waals surface area contributed by atoms with E-state index >= 15 is 0 Å². The maximum absolute atomic E-state index is 12.4. The third-order valence-corrected chi connectivity index (χ3v) is 4.26. The monoisotopic (exact) mass is 282 g/mol. The van der Waals surface area contributed by atoms with Gasteiger partial charge < -0.3 is 20.9 Å². The van der Waals surface area contributed by atoms with Crippen LogP contribution in [0, 0.1) is 5.92 Å². The molecule has 2 saturated heterocycles. The highest BCUT2D eigenvalue weighted by molar-refractivity contribution is 5.80. The van der Waals surface area contributed by atoms with Gasteiger partial charge in [0.05, 0.1) is 6.04 Å². The molecule has 3 amide bonds. The molecule has 0 bridgehead atoms. The molecule has 2 aliphatic rings. The number of fused-ring (bicyclic) bond motifs is 1. The van der Waals surface area contributed by atoms with Gasteiger partial charge in [0.25, 0.3) is 0 Å². The summed E-state index contributed by atoms with van der Waals surface area (Å²) >= 11 is 0. The number of nitrogens with one attached hydrogen (secondary N) is 1. The average molecular weight is 282 g/mol. The van der Waals surface area contributed by atoms with Gasteiger partial charge in [-0.3, -0.25) is 4.79 Å². The van der Waals surface area contributed by atoms with Crippen LogP contribution in [0.5, 0.6) is 0 Å². The van der Waals surface area contributed by atoms with E-state index in [1.807, 2.05) is 23.6 Å². The van der Waals surface area contributed by atoms with Gasteiger partial charge in [-0.05, 0) is 19.8 Å². The second kappa shape index (κ2) is 6.43. The molecule has 2 heterocycles. The van der Waals surface area contributed by atoms with Crippen molar-refractivity contribution in [2.45, 2.75) is 45.2 Å². The molecule has 0 radical (unpaired) electrons. The summed E-state index contributed by atoms with van der Waals surface area (Å²) in [5, 5.41) is 2.83. The SMILES string of the molecule is CC(N)CCCC(C)C(=O)N1CCN2C(=O)NCC2C1. The smallest absolute Gasteiger partial charge is 0.317 e. The number of rotatable bonds is 5. The van der Waals surface area contributed by atoms with E-state index in [4.69, 9.17) is 5.73 Å². The minimum atomic E-state index is 0.00656. The van der Waals surface area contributed by atoms with Crippen LogP contribution in [0.1, 0.15) is 33.1 Å². The molecule has 0 aromatic heterocycles. The number of nitrogens with zero attached hydrogens (tertiary/aromatic N) is 2. The third kappa shape index (κ3) is 3.42. The van der Waals surface area contributed by atoms with Crippen LogP contribution in [0.4, 0.5) is 4.79 Å². The lowest BCUT2D eigenvalue weighted by Gasteiger charge is -2.37. The molecule has 3 atom stereocenters. The Morgan fingerprint density at radius 3 is 2.85 bits per heavy atom. The van der Waals surface area contributed by atoms with Gasteiger partial charge in [0.2, 0.25) is 5.91 Å². The molecule has 0 aliphatic carbocycles. The molecule has 3 N–H and O–H groups in total. The summed E-state index contributed by atoms with van der Waals surface area (Å²) < 4.78 is 0. The van der Waals surface area contributed by atoms with E-state index in [2.05, 4.69) is 5.32 Å². The highest BCUT2D eigenvalue weighted by Crippen LogP contribution is 2.18. The van der Waals surface area contributed by atoms with Crippen molar-refractivity contribution in [2.75, 3.05) is 26.2 Å². The van der Waals surface area contributed by atoms with Crippen LogP contribution in [0.15, 0.2) is 0 Å². The lowest BCUT2D eigenvalue weighted by molar-refractivity contribution is -0.137. The van der Waals surface area contributed by atoms with Crippen molar-refractivity contribution >= 4 is 11.9 Å². The zero-order valence-corrected chi connectivity index (χ0v) is 12.5. The van der Waals surface area contributed by atoms with Gasteiger partial charge >= 0.3 is 6.03 Å². The van der Waals surface area contributed by atoms with E-state index in [1.54, 1.807) is 0 Å². The molecule has 114 valence electrons. The molecule has 0 aromatic carbocycles. The second-order valence-electron chi connectivity index (χ2n) is 6.13. The van der Waals surface area contributed by atoms with Crippen molar-refractivity contribution < 1.29 is 9.59 Å². The molecule has 2 fully saturated rings. The summed E-state index contributed by atoms with van der Waals surface area (Å²) in [6, 6.07) is 0.361. The Bertz CT molecular complexity index is 372. The van der Waals surface area contributed by atoms with E-state index in [-0.39, 0.29) is 29.9 Å². The Morgan fingerprint density at radius 2 is 2.15 bits per heavy atom. The molecule has 2 rings (SSSR count). The average Bonchev–Trinajstić information content (AvgIpc) is 2.78. The summed E-state index contributed by atoms with van der Waals surface area (Å²) in [4.78, 5) is 27.7. The Kier molecular flexibility index (Phi) is 4.86. The summed E-state index contributed by atoms with van der Waals surface area (Å²) in [6.45, 7) is 6.61. The Balaban J connectivity index is 1.79. The van der Waals surface area contributed by atoms with Crippen LogP contribution in [0.2, 0.25) is 0 Å². The van der Waals surface area contributed by atoms with Crippen molar-refractivity contribution in [1.29, 1.82) is 0 Å². The third-order valence-electron chi connectivity index (χ3n) is 4.26. The highest BCUT2D eigenvalue weighted by Gasteiger charge is 2.37. The molecule has 3 unspecified atom stereocenters. The minimum Gasteiger partial charge on any atom is -0.339 e. The number of piperazine rings is 1. The summed E-state index contributed by atoms with van der Waals surface area (Å²) in [5.41, 5.74) is 5.73. The van der Waals surface area contributed by atoms with Gasteiger partial charge in [0, 0.05) is 38.1 Å². The molecular formula is C14H26N4O2. The number of nitrogens with two attached hydrogens (primary N) is 1. The van der Waals surface area contributed by atoms with Gasteiger partial charge in [-0.15, -0.1) is 0 Å². The van der Waals surface area contributed by atoms with Crippen molar-refractivity contribution in [3.05, 3.63) is 0 Å². The Labute approximate surface area is 120 Å². The largest absolute Gasteiger partial charge is 0.339 e. The summed E-state index contributed by atoms with van der Waals surface area (Å²) in [6.07, 6.45) is 2.85. The van der Waals surface area contributed by atoms with E-state index in [0.717, 1.165) is 19.3 Å². The first kappa shape index (κ1) is 15.1. The number of carbonyl (C=O) groups excluding carboxylic acids is 2. The maximum Gasteiger partial charge on any atom is 0.317 e. The number of urea groups is 1. The quantitative estimate of drug-likeness (QED) is 0.765. The zero-order chi connectivity index (χ0) is 14.7. The topological polar surface area (TPSA) is 78.7 Å². The van der Waals surface area contributed by atoms with Crippen LogP contribution >= 0.6 is 0 Å². The standard InChI is InChI=1S/C14H26N4O2/c1-10(4-3-5-11(2)15)13(19)17-6-7-18-12(9-17)8-16-14(18)20/h10-12H,3-9,15H2,1-2H3,(H,16,20). The first-order valence-electron chi connectivity index (χ1n) is 7.58. The highest BCUT2D eigenvalue weighted by atomic mass is 16.2. The number of hydrogen-bond donors (Lipinski definition) is 2. The zero-order valence-electron chi connectivity index (χ0n) is 12.5. The van der Waals surface area contributed by atoms with Crippen LogP contribution < -0.4 is 11.1 Å². The Morgan fingerprint density at radius 1 is 1.40 bits per heavy atom. The van der Waals surface area contributed by atoms with Crippen LogP contribution in [0.3, 0.4) is 0 Å². The Hall–Kier alpha value is -1.30. The van der Waals surface area contributed by atoms with Gasteiger partial charge in [0.1, 0.15) is 0 Å². The van der Waals surface area contributed by atoms with Gasteiger partial charge in [-0.25, -0.2) is 4.79 Å². The fourth-order valence-electron chi connectivity index (χ4n) is 2.99. The van der Waals surface area contributed by atoms with Crippen LogP contribution in [-0.4, -0.2) is 60.0 Å². The predicted octanol–water partition coefficient (Wildman–Crippen LogP) is 0.376. The van der Waals surface area contributed by atoms with Crippen LogP contribution in [-0.2, 0) is 4.79 Å². The van der Waals surface area contributed by atoms with Gasteiger partial charge in [0.15, 0.2) is 0 Å². The fraction of sp³-hybridized carbons (Fsp3) is 0.857. The van der Waals surface area contributed by atoms with E-state index in [9.17, 15) is 9.59 Å². The van der Waals surface area contributed by atoms with Crippen molar-refractivity contribution in [2.24, 2.45) is 11.7 Å². The summed E-state index contributed by atoms with van der Waals surface area (Å²) in [7, 11) is 0. The number of carbonyl (C=O) groups is 2. The lowest BCUT2D eigenvalue weighted by atomic mass is 10.00. The lowest BCUT2D eigenvalue weighted by Crippen LogP contribution is -2.54. The summed E-state index contributed by atoms with van der Waals surface area (Å²) in [5.74, 6) is 0.263. The van der Waals surface area contributed by atoms with Gasteiger partial charge in [-0.1, -0.05) is 13.3 Å². The maximum atomic E-state index is 12.4. The van der Waals surface area contributed by atoms with E-state index < -0.39 is 0 Å². The molecule has 6 heteroatoms. The predicted molar refractivity (Wildman–Crippen MR) is 77.1 cm³/mol. The molecule has 0 aromatic rings. The van der Waals surface area contributed by atoms with E-state index in [0.29, 0.717) is 26.2 Å². The molecular weight excluding hydrogens is 256 g/mol. The second-order valence-corrected chi connectivity index (χ2v) is 6.13. The molecule has 6 nitrogen and oxygen atoms in total. The van der Waals surface area contributed by atoms with Crippen LogP contribution in [0.25, 0.3) is 0 Å². The van der Waals surface area contributed by atoms with Gasteiger partial charge in [-0.2, -0.15) is 0 Å². The fourth-order valence-corrected chi connectivity index (χ4v) is 2.99. The molecule has 2 aliphatic heterocycles. The molecule has 20 heavy (non-hydrogen) atoms. The first-order valence-corrected chi connectivity index (χ1v) is 7.58. The molecule has 0 spiro atoms. The number of hydrogen-bond acceptors (Lipinski definition) is 3. The normalized spacial score (nSPS) is 25.1. The van der Waals surface area contributed by atoms with E-state index in [1.165, 1.54) is 0 Å². The molecule has 0 saturated carbocycles. The minimum absolute atomic E-state index is 0.00656. The number of amides is 3.